The Morgan fingerprint density at radius 2 is 2.12 bits per heavy atom. The van der Waals surface area contributed by atoms with Crippen molar-refractivity contribution in [2.75, 3.05) is 26.8 Å². The molecule has 0 spiro atoms. The summed E-state index contributed by atoms with van der Waals surface area (Å²) in [5, 5.41) is 2.71. The SMILES string of the molecule is CCCOc1c(Cl)cc(C(=O)O[C@@H](C)C(=O)N2CCNC2=O)cc1OC. The first-order valence-electron chi connectivity index (χ1n) is 8.19. The molecule has 9 heteroatoms. The molecule has 26 heavy (non-hydrogen) atoms. The Morgan fingerprint density at radius 3 is 2.69 bits per heavy atom. The van der Waals surface area contributed by atoms with E-state index in [2.05, 4.69) is 5.32 Å². The fourth-order valence-electron chi connectivity index (χ4n) is 2.36. The van der Waals surface area contributed by atoms with Crippen LogP contribution in [0, 0.1) is 0 Å². The van der Waals surface area contributed by atoms with Gasteiger partial charge in [0.15, 0.2) is 17.6 Å². The van der Waals surface area contributed by atoms with Gasteiger partial charge in [-0.15, -0.1) is 0 Å². The molecule has 1 fully saturated rings. The van der Waals surface area contributed by atoms with E-state index in [9.17, 15) is 14.4 Å². The average Bonchev–Trinajstić information content (AvgIpc) is 3.05. The minimum absolute atomic E-state index is 0.112. The van der Waals surface area contributed by atoms with Crippen LogP contribution in [0.3, 0.4) is 0 Å². The van der Waals surface area contributed by atoms with Gasteiger partial charge < -0.3 is 19.5 Å². The minimum Gasteiger partial charge on any atom is -0.493 e. The van der Waals surface area contributed by atoms with Crippen LogP contribution in [-0.4, -0.2) is 55.7 Å². The van der Waals surface area contributed by atoms with Crippen molar-refractivity contribution < 1.29 is 28.6 Å². The summed E-state index contributed by atoms with van der Waals surface area (Å²) < 4.78 is 15.9. The third-order valence-corrected chi connectivity index (χ3v) is 3.95. The van der Waals surface area contributed by atoms with Crippen LogP contribution in [0.1, 0.15) is 30.6 Å². The summed E-state index contributed by atoms with van der Waals surface area (Å²) >= 11 is 6.17. The van der Waals surface area contributed by atoms with Crippen LogP contribution in [0.2, 0.25) is 5.02 Å². The molecule has 1 aliphatic rings. The molecule has 142 valence electrons. The number of nitrogens with one attached hydrogen (secondary N) is 1. The van der Waals surface area contributed by atoms with E-state index in [-0.39, 0.29) is 22.9 Å². The minimum atomic E-state index is -1.12. The van der Waals surface area contributed by atoms with Crippen molar-refractivity contribution in [1.82, 2.24) is 10.2 Å². The zero-order valence-electron chi connectivity index (χ0n) is 14.8. The molecule has 0 bridgehead atoms. The highest BCUT2D eigenvalue weighted by atomic mass is 35.5. The number of carbonyl (C=O) groups excluding carboxylic acids is 3. The van der Waals surface area contributed by atoms with E-state index in [1.165, 1.54) is 26.2 Å². The van der Waals surface area contributed by atoms with Gasteiger partial charge in [0.1, 0.15) is 0 Å². The molecule has 1 aromatic rings. The lowest BCUT2D eigenvalue weighted by molar-refractivity contribution is -0.136. The number of ether oxygens (including phenoxy) is 3. The van der Waals surface area contributed by atoms with E-state index < -0.39 is 24.0 Å². The van der Waals surface area contributed by atoms with Crippen molar-refractivity contribution in [3.8, 4) is 11.5 Å². The maximum atomic E-state index is 12.4. The van der Waals surface area contributed by atoms with Gasteiger partial charge in [0, 0.05) is 13.1 Å². The Labute approximate surface area is 156 Å². The monoisotopic (exact) mass is 384 g/mol. The van der Waals surface area contributed by atoms with Crippen LogP contribution >= 0.6 is 11.6 Å². The molecular weight excluding hydrogens is 364 g/mol. The van der Waals surface area contributed by atoms with Gasteiger partial charge in [-0.3, -0.25) is 9.69 Å². The molecule has 0 unspecified atom stereocenters. The number of hydrogen-bond donors (Lipinski definition) is 1. The smallest absolute Gasteiger partial charge is 0.339 e. The lowest BCUT2D eigenvalue weighted by Crippen LogP contribution is -2.41. The summed E-state index contributed by atoms with van der Waals surface area (Å²) in [6, 6.07) is 2.32. The van der Waals surface area contributed by atoms with Crippen molar-refractivity contribution in [1.29, 1.82) is 0 Å². The number of hydrogen-bond acceptors (Lipinski definition) is 6. The zero-order valence-corrected chi connectivity index (χ0v) is 15.6. The quantitative estimate of drug-likeness (QED) is 0.724. The van der Waals surface area contributed by atoms with Gasteiger partial charge in [0.25, 0.3) is 5.91 Å². The Balaban J connectivity index is 2.12. The molecule has 0 saturated carbocycles. The lowest BCUT2D eigenvalue weighted by Gasteiger charge is -2.18. The normalized spacial score (nSPS) is 14.6. The molecule has 0 aliphatic carbocycles. The summed E-state index contributed by atoms with van der Waals surface area (Å²) in [6.07, 6.45) is -0.334. The van der Waals surface area contributed by atoms with Gasteiger partial charge >= 0.3 is 12.0 Å². The first-order valence-corrected chi connectivity index (χ1v) is 8.57. The van der Waals surface area contributed by atoms with Gasteiger partial charge in [-0.1, -0.05) is 18.5 Å². The van der Waals surface area contributed by atoms with Gasteiger partial charge in [-0.25, -0.2) is 9.59 Å². The molecule has 0 radical (unpaired) electrons. The predicted molar refractivity (Wildman–Crippen MR) is 93.8 cm³/mol. The van der Waals surface area contributed by atoms with Crippen molar-refractivity contribution >= 4 is 29.5 Å². The summed E-state index contributed by atoms with van der Waals surface area (Å²) in [4.78, 5) is 37.1. The van der Waals surface area contributed by atoms with Gasteiger partial charge in [0.2, 0.25) is 0 Å². The summed E-state index contributed by atoms with van der Waals surface area (Å²) in [6.45, 7) is 4.41. The highest BCUT2D eigenvalue weighted by molar-refractivity contribution is 6.32. The highest BCUT2D eigenvalue weighted by Gasteiger charge is 2.32. The summed E-state index contributed by atoms with van der Waals surface area (Å²) in [5.41, 5.74) is 0.112. The van der Waals surface area contributed by atoms with Crippen LogP contribution in [0.4, 0.5) is 4.79 Å². The van der Waals surface area contributed by atoms with E-state index in [0.29, 0.717) is 18.9 Å². The Kier molecular flexibility index (Phi) is 6.68. The second kappa shape index (κ2) is 8.75. The van der Waals surface area contributed by atoms with Crippen LogP contribution in [0.25, 0.3) is 0 Å². The van der Waals surface area contributed by atoms with E-state index in [4.69, 9.17) is 25.8 Å². The molecule has 8 nitrogen and oxygen atoms in total. The van der Waals surface area contributed by atoms with E-state index in [1.807, 2.05) is 6.92 Å². The van der Waals surface area contributed by atoms with Crippen molar-refractivity contribution in [2.24, 2.45) is 0 Å². The maximum Gasteiger partial charge on any atom is 0.339 e. The number of nitrogens with zero attached hydrogens (tertiary/aromatic N) is 1. The predicted octanol–water partition coefficient (Wildman–Crippen LogP) is 2.23. The number of halogens is 1. The maximum absolute atomic E-state index is 12.4. The molecule has 1 atom stereocenters. The Hall–Kier alpha value is -2.48. The number of esters is 1. The molecule has 1 aromatic carbocycles. The second-order valence-corrected chi connectivity index (χ2v) is 6.01. The number of imide groups is 1. The molecule has 0 aromatic heterocycles. The topological polar surface area (TPSA) is 94.2 Å². The lowest BCUT2D eigenvalue weighted by atomic mass is 10.2. The number of carbonyl (C=O) groups is 3. The standard InChI is InChI=1S/C17H21ClN2O6/c1-4-7-25-14-12(18)8-11(9-13(14)24-3)16(22)26-10(2)15(21)20-6-5-19-17(20)23/h8-10H,4-7H2,1-3H3,(H,19,23)/t10-/m0/s1. The van der Waals surface area contributed by atoms with E-state index in [0.717, 1.165) is 11.3 Å². The second-order valence-electron chi connectivity index (χ2n) is 5.61. The summed E-state index contributed by atoms with van der Waals surface area (Å²) in [7, 11) is 1.43. The Morgan fingerprint density at radius 1 is 1.38 bits per heavy atom. The number of methoxy groups -OCH3 is 1. The van der Waals surface area contributed by atoms with Crippen LogP contribution in [0.15, 0.2) is 12.1 Å². The summed E-state index contributed by atoms with van der Waals surface area (Å²) in [5.74, 6) is -0.719. The first-order chi connectivity index (χ1) is 12.4. The number of amides is 3. The van der Waals surface area contributed by atoms with Crippen molar-refractivity contribution in [3.05, 3.63) is 22.7 Å². The average molecular weight is 385 g/mol. The van der Waals surface area contributed by atoms with Crippen molar-refractivity contribution in [3.63, 3.8) is 0 Å². The van der Waals surface area contributed by atoms with Gasteiger partial charge in [-0.05, 0) is 25.5 Å². The molecule has 1 N–H and O–H groups in total. The van der Waals surface area contributed by atoms with E-state index >= 15 is 0 Å². The fourth-order valence-corrected chi connectivity index (χ4v) is 2.63. The van der Waals surface area contributed by atoms with Gasteiger partial charge in [0.05, 0.1) is 24.3 Å². The molecular formula is C17H21ClN2O6. The molecule has 2 rings (SSSR count). The molecule has 1 heterocycles. The van der Waals surface area contributed by atoms with Gasteiger partial charge in [-0.2, -0.15) is 0 Å². The first kappa shape index (κ1) is 19.8. The number of rotatable bonds is 7. The molecule has 1 saturated heterocycles. The largest absolute Gasteiger partial charge is 0.493 e. The zero-order chi connectivity index (χ0) is 19.3. The fraction of sp³-hybridized carbons (Fsp3) is 0.471. The molecule has 1 aliphatic heterocycles. The van der Waals surface area contributed by atoms with E-state index in [1.54, 1.807) is 0 Å². The third kappa shape index (κ3) is 4.37. The van der Waals surface area contributed by atoms with Crippen LogP contribution in [0.5, 0.6) is 11.5 Å². The Bertz CT molecular complexity index is 709. The molecule has 3 amide bonds. The number of benzene rings is 1. The van der Waals surface area contributed by atoms with Crippen LogP contribution in [-0.2, 0) is 9.53 Å². The highest BCUT2D eigenvalue weighted by Crippen LogP contribution is 2.36. The van der Waals surface area contributed by atoms with Crippen molar-refractivity contribution in [2.45, 2.75) is 26.4 Å². The van der Waals surface area contributed by atoms with Crippen LogP contribution < -0.4 is 14.8 Å². The number of urea groups is 1. The third-order valence-electron chi connectivity index (χ3n) is 3.67.